The van der Waals surface area contributed by atoms with Gasteiger partial charge in [-0.2, -0.15) is 13.2 Å². The zero-order valence-corrected chi connectivity index (χ0v) is 12.7. The molecule has 0 aromatic heterocycles. The van der Waals surface area contributed by atoms with Crippen LogP contribution in [0.3, 0.4) is 0 Å². The third kappa shape index (κ3) is 3.01. The smallest absolute Gasteiger partial charge is 0.340 e. The minimum Gasteiger partial charge on any atom is -0.340 e. The van der Waals surface area contributed by atoms with Crippen LogP contribution < -0.4 is 5.32 Å². The molecule has 21 heavy (non-hydrogen) atoms. The molecule has 1 saturated heterocycles. The van der Waals surface area contributed by atoms with Gasteiger partial charge < -0.3 is 10.2 Å². The van der Waals surface area contributed by atoms with E-state index in [2.05, 4.69) is 5.32 Å². The fraction of sp³-hybridized carbons (Fsp3) is 0.857. The lowest BCUT2D eigenvalue weighted by atomic mass is 9.79. The summed E-state index contributed by atoms with van der Waals surface area (Å²) in [5.41, 5.74) is -1.97. The van der Waals surface area contributed by atoms with Crippen molar-refractivity contribution in [3.63, 3.8) is 0 Å². The predicted molar refractivity (Wildman–Crippen MR) is 70.3 cm³/mol. The predicted octanol–water partition coefficient (Wildman–Crippen LogP) is 2.09. The van der Waals surface area contributed by atoms with Gasteiger partial charge in [-0.15, -0.1) is 0 Å². The maximum Gasteiger partial charge on any atom is 0.406 e. The van der Waals surface area contributed by atoms with Crippen LogP contribution in [0.5, 0.6) is 0 Å². The highest BCUT2D eigenvalue weighted by Gasteiger charge is 2.58. The van der Waals surface area contributed by atoms with Crippen LogP contribution in [0.4, 0.5) is 13.2 Å². The zero-order chi connectivity index (χ0) is 16.2. The normalized spacial score (nSPS) is 31.4. The van der Waals surface area contributed by atoms with Crippen LogP contribution in [0.15, 0.2) is 0 Å². The number of hydrogen-bond acceptors (Lipinski definition) is 2. The van der Waals surface area contributed by atoms with Crippen molar-refractivity contribution in [2.24, 2.45) is 11.3 Å². The van der Waals surface area contributed by atoms with Crippen molar-refractivity contribution < 1.29 is 22.8 Å². The van der Waals surface area contributed by atoms with Crippen molar-refractivity contribution in [3.05, 3.63) is 0 Å². The first-order valence-corrected chi connectivity index (χ1v) is 7.06. The van der Waals surface area contributed by atoms with E-state index in [0.29, 0.717) is 0 Å². The van der Waals surface area contributed by atoms with Gasteiger partial charge in [0.25, 0.3) is 0 Å². The van der Waals surface area contributed by atoms with E-state index in [1.807, 2.05) is 0 Å². The molecule has 7 heteroatoms. The number of alkyl halides is 3. The number of halogens is 3. The molecule has 1 aliphatic carbocycles. The topological polar surface area (TPSA) is 49.4 Å². The Morgan fingerprint density at radius 3 is 2.14 bits per heavy atom. The maximum absolute atomic E-state index is 12.8. The van der Waals surface area contributed by atoms with E-state index < -0.39 is 41.5 Å². The Labute approximate surface area is 122 Å². The standard InChI is InChI=1S/C14H21F3N2O2/c1-12(2,3)9-10(20)18-13(4,8-5-6-8)11(21)19(9)7-14(15,16)17/h8-9H,5-7H2,1-4H3,(H,18,20). The summed E-state index contributed by atoms with van der Waals surface area (Å²) in [5, 5.41) is 2.68. The van der Waals surface area contributed by atoms with Crippen LogP contribution >= 0.6 is 0 Å². The van der Waals surface area contributed by atoms with Gasteiger partial charge in [0.1, 0.15) is 18.1 Å². The van der Waals surface area contributed by atoms with Crippen molar-refractivity contribution in [1.29, 1.82) is 0 Å². The molecule has 4 nitrogen and oxygen atoms in total. The van der Waals surface area contributed by atoms with Crippen LogP contribution in [-0.2, 0) is 9.59 Å². The molecule has 2 aliphatic rings. The third-order valence-electron chi connectivity index (χ3n) is 4.21. The molecule has 1 saturated carbocycles. The highest BCUT2D eigenvalue weighted by Crippen LogP contribution is 2.44. The van der Waals surface area contributed by atoms with Gasteiger partial charge in [0, 0.05) is 0 Å². The summed E-state index contributed by atoms with van der Waals surface area (Å²) in [6.45, 7) is 5.13. The molecule has 1 aliphatic heterocycles. The minimum absolute atomic E-state index is 0.0643. The van der Waals surface area contributed by atoms with Crippen LogP contribution in [0.1, 0.15) is 40.5 Å². The maximum atomic E-state index is 12.8. The monoisotopic (exact) mass is 306 g/mol. The molecular formula is C14H21F3N2O2. The molecule has 0 aromatic rings. The Bertz CT molecular complexity index is 466. The molecule has 1 heterocycles. The summed E-state index contributed by atoms with van der Waals surface area (Å²) < 4.78 is 38.5. The molecule has 0 spiro atoms. The van der Waals surface area contributed by atoms with Crippen LogP contribution in [0, 0.1) is 11.3 Å². The summed E-state index contributed by atoms with van der Waals surface area (Å²) in [4.78, 5) is 25.7. The number of carbonyl (C=O) groups is 2. The Hall–Kier alpha value is -1.27. The first-order chi connectivity index (χ1) is 9.36. The highest BCUT2D eigenvalue weighted by atomic mass is 19.4. The molecule has 2 atom stereocenters. The van der Waals surface area contributed by atoms with E-state index in [4.69, 9.17) is 0 Å². The lowest BCUT2D eigenvalue weighted by Gasteiger charge is -2.48. The average molecular weight is 306 g/mol. The SMILES string of the molecule is CC(C)(C)C1C(=O)NC(C)(C2CC2)C(=O)N1CC(F)(F)F. The number of carbonyl (C=O) groups excluding carboxylic acids is 2. The molecule has 120 valence electrons. The summed E-state index contributed by atoms with van der Waals surface area (Å²) in [7, 11) is 0. The van der Waals surface area contributed by atoms with E-state index >= 15 is 0 Å². The third-order valence-corrected chi connectivity index (χ3v) is 4.21. The van der Waals surface area contributed by atoms with Crippen molar-refractivity contribution in [2.45, 2.75) is 58.3 Å². The molecule has 0 bridgehead atoms. The summed E-state index contributed by atoms with van der Waals surface area (Å²) in [6.07, 6.45) is -3.02. The molecule has 2 rings (SSSR count). The number of hydrogen-bond donors (Lipinski definition) is 1. The van der Waals surface area contributed by atoms with Gasteiger partial charge >= 0.3 is 6.18 Å². The summed E-state index contributed by atoms with van der Waals surface area (Å²) in [5.74, 6) is -1.19. The molecular weight excluding hydrogens is 285 g/mol. The number of rotatable bonds is 2. The highest BCUT2D eigenvalue weighted by molar-refractivity contribution is 6.00. The minimum atomic E-state index is -4.53. The second kappa shape index (κ2) is 4.61. The Morgan fingerprint density at radius 1 is 1.24 bits per heavy atom. The van der Waals surface area contributed by atoms with Gasteiger partial charge in [-0.25, -0.2) is 0 Å². The molecule has 1 N–H and O–H groups in total. The van der Waals surface area contributed by atoms with Crippen LogP contribution in [-0.4, -0.2) is 41.0 Å². The Balaban J connectivity index is 2.39. The van der Waals surface area contributed by atoms with Gasteiger partial charge in [0.2, 0.25) is 11.8 Å². The lowest BCUT2D eigenvalue weighted by Crippen LogP contribution is -2.73. The van der Waals surface area contributed by atoms with Crippen molar-refractivity contribution in [2.75, 3.05) is 6.54 Å². The number of piperazine rings is 1. The second-order valence-electron chi connectivity index (χ2n) is 7.28. The number of nitrogens with zero attached hydrogens (tertiary/aromatic N) is 1. The molecule has 2 fully saturated rings. The van der Waals surface area contributed by atoms with E-state index in [-0.39, 0.29) is 5.92 Å². The fourth-order valence-corrected chi connectivity index (χ4v) is 3.09. The quantitative estimate of drug-likeness (QED) is 0.849. The summed E-state index contributed by atoms with van der Waals surface area (Å²) >= 11 is 0. The van der Waals surface area contributed by atoms with Crippen LogP contribution in [0.2, 0.25) is 0 Å². The van der Waals surface area contributed by atoms with E-state index in [9.17, 15) is 22.8 Å². The Morgan fingerprint density at radius 2 is 1.76 bits per heavy atom. The molecule has 0 aromatic carbocycles. The van der Waals surface area contributed by atoms with Crippen molar-refractivity contribution >= 4 is 11.8 Å². The van der Waals surface area contributed by atoms with Crippen molar-refractivity contribution in [1.82, 2.24) is 10.2 Å². The van der Waals surface area contributed by atoms with E-state index in [1.54, 1.807) is 20.8 Å². The number of nitrogens with one attached hydrogen (secondary N) is 1. The molecule has 0 radical (unpaired) electrons. The van der Waals surface area contributed by atoms with Gasteiger partial charge in [-0.1, -0.05) is 20.8 Å². The van der Waals surface area contributed by atoms with Gasteiger partial charge in [-0.3, -0.25) is 9.59 Å². The fourth-order valence-electron chi connectivity index (χ4n) is 3.09. The van der Waals surface area contributed by atoms with Crippen molar-refractivity contribution in [3.8, 4) is 0 Å². The lowest BCUT2D eigenvalue weighted by molar-refractivity contribution is -0.183. The van der Waals surface area contributed by atoms with Crippen LogP contribution in [0.25, 0.3) is 0 Å². The molecule has 2 unspecified atom stereocenters. The summed E-state index contributed by atoms with van der Waals surface area (Å²) in [6, 6.07) is -1.11. The largest absolute Gasteiger partial charge is 0.406 e. The second-order valence-corrected chi connectivity index (χ2v) is 7.28. The van der Waals surface area contributed by atoms with E-state index in [0.717, 1.165) is 17.7 Å². The zero-order valence-electron chi connectivity index (χ0n) is 12.7. The first-order valence-electron chi connectivity index (χ1n) is 7.06. The average Bonchev–Trinajstić information content (AvgIpc) is 3.04. The van der Waals surface area contributed by atoms with Gasteiger partial charge in [0.15, 0.2) is 0 Å². The Kier molecular flexibility index (Phi) is 3.54. The van der Waals surface area contributed by atoms with Gasteiger partial charge in [0.05, 0.1) is 0 Å². The van der Waals surface area contributed by atoms with Gasteiger partial charge in [-0.05, 0) is 31.1 Å². The number of amides is 2. The first kappa shape index (κ1) is 16.1. The van der Waals surface area contributed by atoms with E-state index in [1.165, 1.54) is 6.92 Å². The molecule has 2 amide bonds.